The van der Waals surface area contributed by atoms with Crippen molar-refractivity contribution in [1.82, 2.24) is 0 Å². The Labute approximate surface area is 208 Å². The van der Waals surface area contributed by atoms with E-state index in [1.807, 2.05) is 30.3 Å². The van der Waals surface area contributed by atoms with Crippen molar-refractivity contribution < 1.29 is 19.1 Å². The molecule has 1 aliphatic rings. The number of rotatable bonds is 7. The van der Waals surface area contributed by atoms with E-state index in [0.29, 0.717) is 45.9 Å². The van der Waals surface area contributed by atoms with Crippen LogP contribution < -0.4 is 19.7 Å². The fourth-order valence-corrected chi connectivity index (χ4v) is 4.11. The van der Waals surface area contributed by atoms with Crippen molar-refractivity contribution in [2.45, 2.75) is 32.5 Å². The molecule has 2 amide bonds. The van der Waals surface area contributed by atoms with Gasteiger partial charge in [-0.05, 0) is 62.2 Å². The Kier molecular flexibility index (Phi) is 7.29. The van der Waals surface area contributed by atoms with E-state index in [1.165, 1.54) is 0 Å². The van der Waals surface area contributed by atoms with E-state index in [0.717, 1.165) is 5.56 Å². The minimum absolute atomic E-state index is 0.124. The van der Waals surface area contributed by atoms with Crippen molar-refractivity contribution in [2.75, 3.05) is 16.8 Å². The summed E-state index contributed by atoms with van der Waals surface area (Å²) in [7, 11) is 0. The van der Waals surface area contributed by atoms with Gasteiger partial charge >= 0.3 is 0 Å². The summed E-state index contributed by atoms with van der Waals surface area (Å²) in [5, 5.41) is 3.63. The number of nitrogens with one attached hydrogen (secondary N) is 1. The molecule has 0 aromatic heterocycles. The molecule has 3 aromatic carbocycles. The van der Waals surface area contributed by atoms with E-state index >= 15 is 0 Å². The maximum atomic E-state index is 12.9. The van der Waals surface area contributed by atoms with Crippen molar-refractivity contribution in [1.29, 1.82) is 0 Å². The standard InChI is InChI=1S/C26H24Cl2N2O4/c1-16(33-23-10-8-19(27)14-21(23)28)25(31)29-20-9-11-24-22(15-20)30(26(32)17(2)34-24)13-12-18-6-4-3-5-7-18/h3-11,14-17H,12-13H2,1-2H3,(H,29,31). The first kappa shape index (κ1) is 23.9. The lowest BCUT2D eigenvalue weighted by Crippen LogP contribution is -2.45. The van der Waals surface area contributed by atoms with Gasteiger partial charge in [0, 0.05) is 17.3 Å². The molecule has 2 unspecified atom stereocenters. The molecule has 34 heavy (non-hydrogen) atoms. The molecule has 0 saturated carbocycles. The number of amides is 2. The van der Waals surface area contributed by atoms with Crippen LogP contribution in [-0.4, -0.2) is 30.6 Å². The second kappa shape index (κ2) is 10.4. The van der Waals surface area contributed by atoms with Crippen LogP contribution in [0, 0.1) is 0 Å². The zero-order valence-electron chi connectivity index (χ0n) is 18.8. The quantitative estimate of drug-likeness (QED) is 0.449. The minimum atomic E-state index is -0.818. The third-order valence-electron chi connectivity index (χ3n) is 5.47. The summed E-state index contributed by atoms with van der Waals surface area (Å²) < 4.78 is 11.5. The van der Waals surface area contributed by atoms with Crippen molar-refractivity contribution in [3.8, 4) is 11.5 Å². The largest absolute Gasteiger partial charge is 0.479 e. The summed E-state index contributed by atoms with van der Waals surface area (Å²) in [6, 6.07) is 20.0. The first-order chi connectivity index (χ1) is 16.3. The van der Waals surface area contributed by atoms with Crippen molar-refractivity contribution in [2.24, 2.45) is 0 Å². The summed E-state index contributed by atoms with van der Waals surface area (Å²) in [6.45, 7) is 3.85. The highest BCUT2D eigenvalue weighted by Crippen LogP contribution is 2.36. The van der Waals surface area contributed by atoms with E-state index in [2.05, 4.69) is 5.32 Å². The number of ether oxygens (including phenoxy) is 2. The number of benzene rings is 3. The molecule has 1 N–H and O–H groups in total. The number of carbonyl (C=O) groups excluding carboxylic acids is 2. The van der Waals surface area contributed by atoms with Crippen LogP contribution in [-0.2, 0) is 16.0 Å². The molecular formula is C26H24Cl2N2O4. The SMILES string of the molecule is CC(Oc1ccc(Cl)cc1Cl)C(=O)Nc1ccc2c(c1)N(CCc1ccccc1)C(=O)C(C)O2. The summed E-state index contributed by atoms with van der Waals surface area (Å²) >= 11 is 12.1. The van der Waals surface area contributed by atoms with Crippen LogP contribution >= 0.6 is 23.2 Å². The Hall–Kier alpha value is -3.22. The molecular weight excluding hydrogens is 475 g/mol. The number of hydrogen-bond acceptors (Lipinski definition) is 4. The monoisotopic (exact) mass is 498 g/mol. The molecule has 2 atom stereocenters. The van der Waals surface area contributed by atoms with Crippen LogP contribution in [0.3, 0.4) is 0 Å². The van der Waals surface area contributed by atoms with E-state index in [4.69, 9.17) is 32.7 Å². The maximum absolute atomic E-state index is 12.9. The van der Waals surface area contributed by atoms with Gasteiger partial charge in [-0.1, -0.05) is 53.5 Å². The zero-order chi connectivity index (χ0) is 24.2. The number of anilines is 2. The summed E-state index contributed by atoms with van der Waals surface area (Å²) in [5.74, 6) is 0.467. The third kappa shape index (κ3) is 5.46. The highest BCUT2D eigenvalue weighted by Gasteiger charge is 2.31. The number of halogens is 2. The normalized spacial score (nSPS) is 15.8. The van der Waals surface area contributed by atoms with E-state index < -0.39 is 12.2 Å². The number of nitrogens with zero attached hydrogens (tertiary/aromatic N) is 1. The van der Waals surface area contributed by atoms with Gasteiger partial charge in [0.05, 0.1) is 10.7 Å². The van der Waals surface area contributed by atoms with Gasteiger partial charge in [0.1, 0.15) is 11.5 Å². The predicted octanol–water partition coefficient (Wildman–Crippen LogP) is 5.76. The second-order valence-electron chi connectivity index (χ2n) is 7.99. The molecule has 6 nitrogen and oxygen atoms in total. The van der Waals surface area contributed by atoms with Gasteiger partial charge < -0.3 is 19.7 Å². The van der Waals surface area contributed by atoms with Crippen LogP contribution in [0.1, 0.15) is 19.4 Å². The zero-order valence-corrected chi connectivity index (χ0v) is 20.3. The predicted molar refractivity (Wildman–Crippen MR) is 134 cm³/mol. The first-order valence-electron chi connectivity index (χ1n) is 10.9. The first-order valence-corrected chi connectivity index (χ1v) is 11.7. The summed E-state index contributed by atoms with van der Waals surface area (Å²) in [6.07, 6.45) is -0.703. The fraction of sp³-hybridized carbons (Fsp3) is 0.231. The van der Waals surface area contributed by atoms with Crippen LogP contribution in [0.5, 0.6) is 11.5 Å². The van der Waals surface area contributed by atoms with Crippen LogP contribution in [0.25, 0.3) is 0 Å². The Morgan fingerprint density at radius 3 is 2.62 bits per heavy atom. The third-order valence-corrected chi connectivity index (χ3v) is 6.00. The highest BCUT2D eigenvalue weighted by molar-refractivity contribution is 6.35. The number of hydrogen-bond donors (Lipinski definition) is 1. The van der Waals surface area contributed by atoms with Gasteiger partial charge in [-0.2, -0.15) is 0 Å². The molecule has 3 aromatic rings. The van der Waals surface area contributed by atoms with Crippen LogP contribution in [0.2, 0.25) is 10.0 Å². The van der Waals surface area contributed by atoms with Gasteiger partial charge in [-0.3, -0.25) is 9.59 Å². The average molecular weight is 499 g/mol. The van der Waals surface area contributed by atoms with E-state index in [1.54, 1.807) is 55.1 Å². The smallest absolute Gasteiger partial charge is 0.267 e. The topological polar surface area (TPSA) is 67.9 Å². The van der Waals surface area contributed by atoms with E-state index in [-0.39, 0.29) is 11.8 Å². The van der Waals surface area contributed by atoms with Crippen molar-refractivity contribution in [3.05, 3.63) is 82.3 Å². The van der Waals surface area contributed by atoms with Crippen molar-refractivity contribution >= 4 is 46.4 Å². The fourth-order valence-electron chi connectivity index (χ4n) is 3.66. The molecule has 0 bridgehead atoms. The number of carbonyl (C=O) groups is 2. The van der Waals surface area contributed by atoms with Gasteiger partial charge in [-0.15, -0.1) is 0 Å². The molecule has 1 heterocycles. The molecule has 0 fully saturated rings. The number of fused-ring (bicyclic) bond motifs is 1. The van der Waals surface area contributed by atoms with Crippen molar-refractivity contribution in [3.63, 3.8) is 0 Å². The van der Waals surface area contributed by atoms with E-state index in [9.17, 15) is 9.59 Å². The molecule has 0 radical (unpaired) electrons. The molecule has 0 aliphatic carbocycles. The van der Waals surface area contributed by atoms with Gasteiger partial charge in [0.25, 0.3) is 11.8 Å². The van der Waals surface area contributed by atoms with Gasteiger partial charge in [0.15, 0.2) is 12.2 Å². The molecule has 0 spiro atoms. The van der Waals surface area contributed by atoms with Crippen LogP contribution in [0.4, 0.5) is 11.4 Å². The molecule has 176 valence electrons. The second-order valence-corrected chi connectivity index (χ2v) is 8.84. The lowest BCUT2D eigenvalue weighted by atomic mass is 10.1. The molecule has 0 saturated heterocycles. The molecule has 4 rings (SSSR count). The lowest BCUT2D eigenvalue weighted by Gasteiger charge is -2.33. The summed E-state index contributed by atoms with van der Waals surface area (Å²) in [4.78, 5) is 27.3. The van der Waals surface area contributed by atoms with Crippen LogP contribution in [0.15, 0.2) is 66.7 Å². The Morgan fingerprint density at radius 1 is 1.12 bits per heavy atom. The summed E-state index contributed by atoms with van der Waals surface area (Å²) in [5.41, 5.74) is 2.27. The Bertz CT molecular complexity index is 1200. The van der Waals surface area contributed by atoms with Gasteiger partial charge in [-0.25, -0.2) is 0 Å². The maximum Gasteiger partial charge on any atom is 0.267 e. The molecule has 1 aliphatic heterocycles. The average Bonchev–Trinajstić information content (AvgIpc) is 2.82. The molecule has 8 heteroatoms. The van der Waals surface area contributed by atoms with Gasteiger partial charge in [0.2, 0.25) is 0 Å². The lowest BCUT2D eigenvalue weighted by molar-refractivity contribution is -0.125. The minimum Gasteiger partial charge on any atom is -0.479 e. The Morgan fingerprint density at radius 2 is 1.88 bits per heavy atom. The highest BCUT2D eigenvalue weighted by atomic mass is 35.5. The Balaban J connectivity index is 1.49.